The summed E-state index contributed by atoms with van der Waals surface area (Å²) < 4.78 is 58.0. The number of aromatic nitrogens is 4. The maximum Gasteiger partial charge on any atom is 0.471 e. The molecule has 392 valence electrons. The number of fused-ring (bicyclic) bond motifs is 4. The zero-order valence-corrected chi connectivity index (χ0v) is 40.7. The van der Waals surface area contributed by atoms with Crippen LogP contribution in [0.1, 0.15) is 78.7 Å². The van der Waals surface area contributed by atoms with Crippen molar-refractivity contribution in [3.05, 3.63) is 142 Å². The first-order valence-corrected chi connectivity index (χ1v) is 23.5. The van der Waals surface area contributed by atoms with E-state index in [2.05, 4.69) is 35.9 Å². The fourth-order valence-electron chi connectivity index (χ4n) is 8.14. The van der Waals surface area contributed by atoms with Gasteiger partial charge >= 0.3 is 30.1 Å². The maximum absolute atomic E-state index is 13.7. The molecule has 75 heavy (non-hydrogen) atoms. The molecule has 6 aromatic rings. The van der Waals surface area contributed by atoms with Crippen LogP contribution in [0.25, 0.3) is 22.3 Å². The van der Waals surface area contributed by atoms with Gasteiger partial charge in [0.05, 0.1) is 18.4 Å². The summed E-state index contributed by atoms with van der Waals surface area (Å²) in [5, 5.41) is 17.5. The molecule has 0 saturated carbocycles. The topological polar surface area (TPSA) is 287 Å². The largest absolute Gasteiger partial charge is 0.484 e. The van der Waals surface area contributed by atoms with Crippen molar-refractivity contribution in [3.63, 3.8) is 0 Å². The Labute approximate surface area is 426 Å². The molecule has 0 fully saturated rings. The number of nitrogens with two attached hydrogens (primary N) is 1. The predicted octanol–water partition coefficient (Wildman–Crippen LogP) is 5.73. The number of carbonyl (C=O) groups excluding carboxylic acids is 5. The fourth-order valence-corrected chi connectivity index (χ4v) is 8.14. The number of nitrogen functional groups attached to an aromatic ring is 1. The maximum atomic E-state index is 13.7. The summed E-state index contributed by atoms with van der Waals surface area (Å²) in [5.74, 6) is -5.72. The fraction of sp³-hybridized carbons (Fsp3) is 0.308. The van der Waals surface area contributed by atoms with Gasteiger partial charge in [0.2, 0.25) is 5.95 Å². The second kappa shape index (κ2) is 23.3. The lowest BCUT2D eigenvalue weighted by Gasteiger charge is -2.25. The van der Waals surface area contributed by atoms with Crippen molar-refractivity contribution < 1.29 is 61.3 Å². The third-order valence-electron chi connectivity index (χ3n) is 11.6. The van der Waals surface area contributed by atoms with Gasteiger partial charge in [-0.15, -0.1) is 0 Å². The highest BCUT2D eigenvalue weighted by atomic mass is 19.4. The van der Waals surface area contributed by atoms with Crippen LogP contribution in [0.5, 0.6) is 5.75 Å². The highest BCUT2D eigenvalue weighted by Gasteiger charge is 2.43. The molecule has 4 amide bonds. The number of hydrogen-bond donors (Lipinski definition) is 6. The van der Waals surface area contributed by atoms with Gasteiger partial charge in [0.25, 0.3) is 17.4 Å². The molecule has 1 aliphatic rings. The van der Waals surface area contributed by atoms with Gasteiger partial charge < -0.3 is 41.0 Å². The molecule has 2 atom stereocenters. The molecule has 0 bridgehead atoms. The lowest BCUT2D eigenvalue weighted by molar-refractivity contribution is -0.170. The Hall–Kier alpha value is -8.89. The minimum absolute atomic E-state index is 0.0422. The second-order valence-electron chi connectivity index (χ2n) is 18.3. The molecule has 0 aliphatic heterocycles. The molecule has 1 aliphatic carbocycles. The molecule has 23 heteroatoms. The highest BCUT2D eigenvalue weighted by molar-refractivity contribution is 5.99. The van der Waals surface area contributed by atoms with E-state index in [1.807, 2.05) is 48.5 Å². The van der Waals surface area contributed by atoms with E-state index in [-0.39, 0.29) is 79.0 Å². The van der Waals surface area contributed by atoms with Gasteiger partial charge in [0, 0.05) is 30.1 Å². The number of rotatable bonds is 20. The van der Waals surface area contributed by atoms with Gasteiger partial charge in [-0.1, -0.05) is 60.7 Å². The van der Waals surface area contributed by atoms with E-state index in [1.165, 1.54) is 0 Å². The smallest absolute Gasteiger partial charge is 0.471 e. The minimum atomic E-state index is -5.33. The zero-order valence-electron chi connectivity index (χ0n) is 40.7. The standard InChI is InChI=1S/C52H52F3N9O11/c1-51(2,3)75-47(70)40(61-50(72)74-27-38-36-12-6-4-10-34(36)35-11-5-7-13-37(35)38)24-29-15-21-33(22-16-29)73-28-41(65)57-23-9-8-14-39(46(68)69)60-44(66)30-17-19-32(20-18-30)64(48(71)52(53,54)55)26-31-25-58-43-42(59-31)45(67)63-49(56)62-43/h4-7,10-13,15-22,25,38-40H,8-9,14,23-24,26-28H2,1-3H3,(H,57,65)(H,60,66)(H,61,72)(H,68,69)(H3,56,58,62,63,67)/t39-,40?/m0/s1. The second-order valence-corrected chi connectivity index (χ2v) is 18.3. The van der Waals surface area contributed by atoms with E-state index in [0.717, 1.165) is 52.7 Å². The summed E-state index contributed by atoms with van der Waals surface area (Å²) in [7, 11) is 0. The molecule has 2 aromatic heterocycles. The number of nitrogens with one attached hydrogen (secondary N) is 4. The van der Waals surface area contributed by atoms with E-state index >= 15 is 0 Å². The Bertz CT molecular complexity index is 3100. The average Bonchev–Trinajstić information content (AvgIpc) is 3.68. The van der Waals surface area contributed by atoms with E-state index in [1.54, 1.807) is 45.0 Å². The molecular weight excluding hydrogens is 984 g/mol. The van der Waals surface area contributed by atoms with Crippen LogP contribution in [0, 0.1) is 0 Å². The third kappa shape index (κ3) is 14.2. The predicted molar refractivity (Wildman–Crippen MR) is 265 cm³/mol. The Morgan fingerprint density at radius 3 is 2.12 bits per heavy atom. The minimum Gasteiger partial charge on any atom is -0.484 e. The van der Waals surface area contributed by atoms with Gasteiger partial charge in [-0.25, -0.2) is 24.4 Å². The molecule has 20 nitrogen and oxygen atoms in total. The van der Waals surface area contributed by atoms with Crippen molar-refractivity contribution in [2.75, 3.05) is 30.4 Å². The number of carbonyl (C=O) groups is 6. The summed E-state index contributed by atoms with van der Waals surface area (Å²) in [5.41, 5.74) is 7.62. The summed E-state index contributed by atoms with van der Waals surface area (Å²) >= 11 is 0. The number of benzene rings is 4. The number of carboxylic acid groups (broad SMARTS) is 1. The van der Waals surface area contributed by atoms with Gasteiger partial charge in [0.1, 0.15) is 30.0 Å². The summed E-state index contributed by atoms with van der Waals surface area (Å²) in [4.78, 5) is 103. The number of anilines is 2. The first kappa shape index (κ1) is 53.9. The summed E-state index contributed by atoms with van der Waals surface area (Å²) in [6.07, 6.45) is -4.50. The number of aliphatic carboxylic acids is 1. The number of halogens is 3. The molecule has 2 heterocycles. The average molecular weight is 1040 g/mol. The first-order chi connectivity index (χ1) is 35.6. The number of carboxylic acids is 1. The number of H-pyrrole nitrogens is 1. The number of unbranched alkanes of at least 4 members (excludes halogenated alkanes) is 1. The van der Waals surface area contributed by atoms with Crippen LogP contribution in [0.15, 0.2) is 108 Å². The number of amides is 4. The van der Waals surface area contributed by atoms with E-state index < -0.39 is 71.7 Å². The number of ether oxygens (including phenoxy) is 3. The summed E-state index contributed by atoms with van der Waals surface area (Å²) in [6, 6.07) is 24.3. The van der Waals surface area contributed by atoms with Crippen LogP contribution >= 0.6 is 0 Å². The highest BCUT2D eigenvalue weighted by Crippen LogP contribution is 2.44. The number of hydrogen-bond acceptors (Lipinski definition) is 14. The van der Waals surface area contributed by atoms with Crippen molar-refractivity contribution in [3.8, 4) is 16.9 Å². The van der Waals surface area contributed by atoms with Gasteiger partial charge in [0.15, 0.2) is 17.8 Å². The van der Waals surface area contributed by atoms with Crippen LogP contribution in [0.4, 0.5) is 29.6 Å². The number of nitrogens with zero attached hydrogens (tertiary/aromatic N) is 4. The molecule has 7 N–H and O–H groups in total. The number of esters is 1. The Morgan fingerprint density at radius 2 is 1.49 bits per heavy atom. The van der Waals surface area contributed by atoms with Crippen molar-refractivity contribution in [2.24, 2.45) is 0 Å². The van der Waals surface area contributed by atoms with Gasteiger partial charge in [-0.2, -0.15) is 18.2 Å². The molecule has 1 unspecified atom stereocenters. The molecule has 0 saturated heterocycles. The lowest BCUT2D eigenvalue weighted by Crippen LogP contribution is -2.46. The van der Waals surface area contributed by atoms with E-state index in [0.29, 0.717) is 22.6 Å². The molecule has 4 aromatic carbocycles. The van der Waals surface area contributed by atoms with E-state index in [4.69, 9.17) is 19.9 Å². The number of alkyl carbamates (subject to hydrolysis) is 1. The van der Waals surface area contributed by atoms with E-state index in [9.17, 15) is 51.8 Å². The van der Waals surface area contributed by atoms with Crippen molar-refractivity contribution >= 4 is 58.6 Å². The van der Waals surface area contributed by atoms with Gasteiger partial charge in [-0.3, -0.25) is 29.1 Å². The van der Waals surface area contributed by atoms with Crippen molar-refractivity contribution in [1.29, 1.82) is 0 Å². The molecular formula is C52H52F3N9O11. The zero-order chi connectivity index (χ0) is 54.0. The van der Waals surface area contributed by atoms with Crippen LogP contribution in [0.2, 0.25) is 0 Å². The Morgan fingerprint density at radius 1 is 0.840 bits per heavy atom. The number of aromatic amines is 1. The molecule has 7 rings (SSSR count). The number of alkyl halides is 3. The van der Waals surface area contributed by atoms with Crippen LogP contribution in [0.3, 0.4) is 0 Å². The summed E-state index contributed by atoms with van der Waals surface area (Å²) in [6.45, 7) is 4.21. The SMILES string of the molecule is CC(C)(C)OC(=O)C(Cc1ccc(OCC(=O)NCCCC[C@H](NC(=O)c2ccc(N(Cc3cnc4nc(N)[nH]c(=O)c4n3)C(=O)C(F)(F)F)cc2)C(=O)O)cc1)NC(=O)OCC1c2ccccc2-c2ccccc21. The quantitative estimate of drug-likeness (QED) is 0.0393. The van der Waals surface area contributed by atoms with Crippen LogP contribution < -0.4 is 36.9 Å². The molecule has 0 radical (unpaired) electrons. The molecule has 0 spiro atoms. The first-order valence-electron chi connectivity index (χ1n) is 23.5. The normalized spacial score (nSPS) is 12.9. The lowest BCUT2D eigenvalue weighted by atomic mass is 9.98. The Balaban J connectivity index is 0.849. The Kier molecular flexibility index (Phi) is 16.8. The third-order valence-corrected chi connectivity index (χ3v) is 11.6. The van der Waals surface area contributed by atoms with Crippen molar-refractivity contribution in [1.82, 2.24) is 35.9 Å². The monoisotopic (exact) mass is 1040 g/mol. The van der Waals surface area contributed by atoms with Gasteiger partial charge in [-0.05, 0) is 104 Å². The van der Waals surface area contributed by atoms with Crippen molar-refractivity contribution in [2.45, 2.75) is 82.8 Å². The van der Waals surface area contributed by atoms with Crippen LogP contribution in [-0.4, -0.2) is 104 Å². The van der Waals surface area contributed by atoms with Crippen LogP contribution in [-0.2, 0) is 41.6 Å².